The molecule has 0 aromatic rings. The van der Waals surface area contributed by atoms with Gasteiger partial charge in [0, 0.05) is 37.0 Å². The molecular formula is C14H30N2O2S. The second-order valence-corrected chi connectivity index (χ2v) is 8.79. The average molecular weight is 290 g/mol. The van der Waals surface area contributed by atoms with Crippen LogP contribution in [0.2, 0.25) is 0 Å². The molecule has 1 aliphatic rings. The van der Waals surface area contributed by atoms with Crippen LogP contribution >= 0.6 is 0 Å². The van der Waals surface area contributed by atoms with E-state index in [-0.39, 0.29) is 17.0 Å². The Balaban J connectivity index is 2.72. The Hall–Kier alpha value is -0.130. The van der Waals surface area contributed by atoms with E-state index in [0.29, 0.717) is 18.5 Å². The van der Waals surface area contributed by atoms with Gasteiger partial charge in [0.05, 0.1) is 5.75 Å². The molecule has 0 saturated carbocycles. The first-order valence-corrected chi connectivity index (χ1v) is 9.24. The van der Waals surface area contributed by atoms with E-state index in [1.807, 2.05) is 0 Å². The first kappa shape index (κ1) is 16.9. The van der Waals surface area contributed by atoms with E-state index in [9.17, 15) is 8.42 Å². The lowest BCUT2D eigenvalue weighted by Gasteiger charge is -2.47. The van der Waals surface area contributed by atoms with Crippen LogP contribution in [0.15, 0.2) is 0 Å². The molecule has 0 amide bonds. The van der Waals surface area contributed by atoms with Gasteiger partial charge in [-0.15, -0.1) is 0 Å². The van der Waals surface area contributed by atoms with Crippen molar-refractivity contribution in [1.82, 2.24) is 10.2 Å². The zero-order valence-corrected chi connectivity index (χ0v) is 13.9. The predicted octanol–water partition coefficient (Wildman–Crippen LogP) is 1.52. The molecule has 1 rings (SSSR count). The van der Waals surface area contributed by atoms with E-state index in [1.54, 1.807) is 6.92 Å². The molecule has 2 atom stereocenters. The Morgan fingerprint density at radius 3 is 2.47 bits per heavy atom. The lowest BCUT2D eigenvalue weighted by molar-refractivity contribution is 0.0658. The van der Waals surface area contributed by atoms with Crippen LogP contribution in [0.25, 0.3) is 0 Å². The van der Waals surface area contributed by atoms with Crippen LogP contribution in [0.4, 0.5) is 0 Å². The monoisotopic (exact) mass is 290 g/mol. The third-order valence-electron chi connectivity index (χ3n) is 4.44. The van der Waals surface area contributed by atoms with Crippen LogP contribution in [-0.4, -0.2) is 56.0 Å². The van der Waals surface area contributed by atoms with Crippen molar-refractivity contribution in [2.75, 3.05) is 31.1 Å². The summed E-state index contributed by atoms with van der Waals surface area (Å²) >= 11 is 0. The van der Waals surface area contributed by atoms with Crippen LogP contribution in [0.5, 0.6) is 0 Å². The van der Waals surface area contributed by atoms with Gasteiger partial charge >= 0.3 is 0 Å². The predicted molar refractivity (Wildman–Crippen MR) is 81.2 cm³/mol. The highest BCUT2D eigenvalue weighted by Gasteiger charge is 2.35. The molecule has 1 saturated heterocycles. The zero-order chi connectivity index (χ0) is 14.7. The highest BCUT2D eigenvalue weighted by atomic mass is 32.2. The van der Waals surface area contributed by atoms with E-state index in [1.165, 1.54) is 0 Å². The second-order valence-electron chi connectivity index (χ2n) is 6.31. The normalized spacial score (nSPS) is 29.9. The molecule has 0 aromatic heterocycles. The quantitative estimate of drug-likeness (QED) is 0.806. The van der Waals surface area contributed by atoms with Gasteiger partial charge < -0.3 is 5.32 Å². The standard InChI is InChI=1S/C14H30N2O2S/c1-6-14(5)11-16(8-9-19(17,18)7-2)13(10-15-14)12(3)4/h12-13,15H,6-11H2,1-5H3. The Kier molecular flexibility index (Phi) is 5.83. The van der Waals surface area contributed by atoms with Crippen molar-refractivity contribution in [1.29, 1.82) is 0 Å². The fourth-order valence-corrected chi connectivity index (χ4v) is 3.44. The summed E-state index contributed by atoms with van der Waals surface area (Å²) in [4.78, 5) is 2.37. The van der Waals surface area contributed by atoms with Crippen molar-refractivity contribution in [2.45, 2.75) is 52.6 Å². The fraction of sp³-hybridized carbons (Fsp3) is 1.00. The molecule has 1 N–H and O–H groups in total. The van der Waals surface area contributed by atoms with Crippen molar-refractivity contribution in [3.05, 3.63) is 0 Å². The van der Waals surface area contributed by atoms with E-state index < -0.39 is 9.84 Å². The summed E-state index contributed by atoms with van der Waals surface area (Å²) in [6, 6.07) is 0.437. The molecule has 4 nitrogen and oxygen atoms in total. The fourth-order valence-electron chi connectivity index (χ4n) is 2.64. The molecule has 0 radical (unpaired) electrons. The molecule has 114 valence electrons. The SMILES string of the molecule is CCC1(C)CN(CCS(=O)(=O)CC)C(C(C)C)CN1. The summed E-state index contributed by atoms with van der Waals surface area (Å²) in [6.07, 6.45) is 1.06. The number of hydrogen-bond acceptors (Lipinski definition) is 4. The number of piperazine rings is 1. The Morgan fingerprint density at radius 2 is 2.00 bits per heavy atom. The van der Waals surface area contributed by atoms with Crippen molar-refractivity contribution < 1.29 is 8.42 Å². The molecule has 5 heteroatoms. The molecular weight excluding hydrogens is 260 g/mol. The molecule has 2 unspecified atom stereocenters. The zero-order valence-electron chi connectivity index (χ0n) is 13.1. The van der Waals surface area contributed by atoms with Gasteiger partial charge in [-0.05, 0) is 19.3 Å². The minimum atomic E-state index is -2.87. The van der Waals surface area contributed by atoms with Crippen LogP contribution in [0.3, 0.4) is 0 Å². The van der Waals surface area contributed by atoms with Gasteiger partial charge in [-0.1, -0.05) is 27.7 Å². The van der Waals surface area contributed by atoms with Gasteiger partial charge in [0.25, 0.3) is 0 Å². The molecule has 1 aliphatic heterocycles. The maximum Gasteiger partial charge on any atom is 0.151 e. The number of nitrogens with one attached hydrogen (secondary N) is 1. The number of rotatable bonds is 6. The Bertz CT molecular complexity index is 381. The average Bonchev–Trinajstić information content (AvgIpc) is 2.36. The Labute approximate surface area is 118 Å². The third kappa shape index (κ3) is 4.72. The van der Waals surface area contributed by atoms with Crippen molar-refractivity contribution >= 4 is 9.84 Å². The van der Waals surface area contributed by atoms with Gasteiger partial charge in [0.15, 0.2) is 9.84 Å². The van der Waals surface area contributed by atoms with E-state index in [4.69, 9.17) is 0 Å². The highest BCUT2D eigenvalue weighted by molar-refractivity contribution is 7.91. The van der Waals surface area contributed by atoms with Crippen molar-refractivity contribution in [2.24, 2.45) is 5.92 Å². The molecule has 1 heterocycles. The summed E-state index contributed by atoms with van der Waals surface area (Å²) < 4.78 is 23.4. The summed E-state index contributed by atoms with van der Waals surface area (Å²) in [5.74, 6) is 1.07. The summed E-state index contributed by atoms with van der Waals surface area (Å²) in [5, 5.41) is 3.63. The van der Waals surface area contributed by atoms with Gasteiger partial charge in [-0.3, -0.25) is 4.90 Å². The molecule has 0 bridgehead atoms. The van der Waals surface area contributed by atoms with Crippen LogP contribution in [-0.2, 0) is 9.84 Å². The van der Waals surface area contributed by atoms with Crippen LogP contribution in [0, 0.1) is 5.92 Å². The summed E-state index contributed by atoms with van der Waals surface area (Å²) in [6.45, 7) is 13.1. The minimum absolute atomic E-state index is 0.112. The number of sulfone groups is 1. The third-order valence-corrected chi connectivity index (χ3v) is 6.12. The summed E-state index contributed by atoms with van der Waals surface area (Å²) in [7, 11) is -2.87. The van der Waals surface area contributed by atoms with Crippen LogP contribution < -0.4 is 5.32 Å². The van der Waals surface area contributed by atoms with Crippen molar-refractivity contribution in [3.8, 4) is 0 Å². The molecule has 1 fully saturated rings. The van der Waals surface area contributed by atoms with Gasteiger partial charge in [0.2, 0.25) is 0 Å². The topological polar surface area (TPSA) is 49.4 Å². The van der Waals surface area contributed by atoms with Gasteiger partial charge in [-0.25, -0.2) is 8.42 Å². The van der Waals surface area contributed by atoms with Gasteiger partial charge in [-0.2, -0.15) is 0 Å². The molecule has 0 aromatic carbocycles. The maximum atomic E-state index is 11.7. The van der Waals surface area contributed by atoms with E-state index in [0.717, 1.165) is 19.5 Å². The molecule has 19 heavy (non-hydrogen) atoms. The highest BCUT2D eigenvalue weighted by Crippen LogP contribution is 2.22. The van der Waals surface area contributed by atoms with Crippen molar-refractivity contribution in [3.63, 3.8) is 0 Å². The maximum absolute atomic E-state index is 11.7. The van der Waals surface area contributed by atoms with E-state index in [2.05, 4.69) is 37.9 Å². The second kappa shape index (κ2) is 6.55. The minimum Gasteiger partial charge on any atom is -0.309 e. The van der Waals surface area contributed by atoms with Gasteiger partial charge in [0.1, 0.15) is 0 Å². The number of nitrogens with zero attached hydrogens (tertiary/aromatic N) is 1. The largest absolute Gasteiger partial charge is 0.309 e. The first-order chi connectivity index (χ1) is 8.73. The molecule has 0 spiro atoms. The molecule has 0 aliphatic carbocycles. The smallest absolute Gasteiger partial charge is 0.151 e. The lowest BCUT2D eigenvalue weighted by Crippen LogP contribution is -2.64. The Morgan fingerprint density at radius 1 is 1.37 bits per heavy atom. The van der Waals surface area contributed by atoms with Crippen LogP contribution in [0.1, 0.15) is 41.0 Å². The lowest BCUT2D eigenvalue weighted by atomic mass is 9.90. The van der Waals surface area contributed by atoms with E-state index >= 15 is 0 Å². The first-order valence-electron chi connectivity index (χ1n) is 7.42. The summed E-state index contributed by atoms with van der Waals surface area (Å²) in [5.41, 5.74) is 0.112. The number of hydrogen-bond donors (Lipinski definition) is 1.